The Morgan fingerprint density at radius 2 is 2.00 bits per heavy atom. The second-order valence-corrected chi connectivity index (χ2v) is 8.01. The van der Waals surface area contributed by atoms with Gasteiger partial charge in [0.05, 0.1) is 41.4 Å². The van der Waals surface area contributed by atoms with E-state index >= 15 is 0 Å². The molecule has 0 radical (unpaired) electrons. The summed E-state index contributed by atoms with van der Waals surface area (Å²) in [5, 5.41) is 16.2. The van der Waals surface area contributed by atoms with Crippen LogP contribution in [-0.2, 0) is 13.1 Å². The summed E-state index contributed by atoms with van der Waals surface area (Å²) in [7, 11) is 0. The summed E-state index contributed by atoms with van der Waals surface area (Å²) in [6.45, 7) is 8.59. The lowest BCUT2D eigenvalue weighted by molar-refractivity contribution is 0.101. The SMILES string of the molecule is Cc1cccc(Cn2nc(C)c(NC(=O)c3noc(C)c3Cn3cc(Cl)cn3)c2C)c1. The van der Waals surface area contributed by atoms with Gasteiger partial charge in [-0.05, 0) is 33.3 Å². The van der Waals surface area contributed by atoms with Crippen molar-refractivity contribution >= 4 is 23.2 Å². The van der Waals surface area contributed by atoms with Crippen LogP contribution in [-0.4, -0.2) is 30.6 Å². The molecule has 0 unspecified atom stereocenters. The van der Waals surface area contributed by atoms with Crippen LogP contribution in [0.15, 0.2) is 41.2 Å². The van der Waals surface area contributed by atoms with Crippen LogP contribution in [0.4, 0.5) is 5.69 Å². The predicted molar refractivity (Wildman–Crippen MR) is 118 cm³/mol. The third-order valence-electron chi connectivity index (χ3n) is 5.16. The van der Waals surface area contributed by atoms with E-state index in [9.17, 15) is 4.79 Å². The molecule has 1 N–H and O–H groups in total. The summed E-state index contributed by atoms with van der Waals surface area (Å²) in [6.07, 6.45) is 3.22. The summed E-state index contributed by atoms with van der Waals surface area (Å²) in [5.41, 5.74) is 5.49. The first kappa shape index (κ1) is 20.9. The van der Waals surface area contributed by atoms with Crippen molar-refractivity contribution in [2.24, 2.45) is 0 Å². The Labute approximate surface area is 184 Å². The minimum atomic E-state index is -0.355. The molecule has 1 amide bonds. The molecule has 4 rings (SSSR count). The van der Waals surface area contributed by atoms with Crippen LogP contribution in [0, 0.1) is 27.7 Å². The molecule has 0 atom stereocenters. The number of rotatable bonds is 6. The molecule has 4 aromatic rings. The van der Waals surface area contributed by atoms with Crippen LogP contribution in [0.5, 0.6) is 0 Å². The van der Waals surface area contributed by atoms with Crippen LogP contribution in [0.2, 0.25) is 5.02 Å². The van der Waals surface area contributed by atoms with E-state index in [0.717, 1.165) is 17.0 Å². The molecule has 0 aliphatic carbocycles. The second kappa shape index (κ2) is 8.39. The quantitative estimate of drug-likeness (QED) is 0.484. The molecule has 3 aromatic heterocycles. The summed E-state index contributed by atoms with van der Waals surface area (Å²) < 4.78 is 8.81. The number of halogens is 1. The van der Waals surface area contributed by atoms with Crippen molar-refractivity contribution in [3.05, 3.63) is 81.2 Å². The molecule has 8 nitrogen and oxygen atoms in total. The maximum Gasteiger partial charge on any atom is 0.278 e. The third kappa shape index (κ3) is 4.39. The molecule has 31 heavy (non-hydrogen) atoms. The highest BCUT2D eigenvalue weighted by Gasteiger charge is 2.23. The summed E-state index contributed by atoms with van der Waals surface area (Å²) in [6, 6.07) is 8.28. The standard InChI is InChI=1S/C22H23ClN6O2/c1-13-6-5-7-17(8-13)10-29-15(3)20(14(2)26-29)25-22(30)21-19(16(4)31-27-21)12-28-11-18(23)9-24-28/h5-9,11H,10,12H2,1-4H3,(H,25,30). The fraction of sp³-hybridized carbons (Fsp3) is 0.273. The normalized spacial score (nSPS) is 11.1. The van der Waals surface area contributed by atoms with E-state index in [1.54, 1.807) is 24.0 Å². The van der Waals surface area contributed by atoms with Crippen molar-refractivity contribution in [1.82, 2.24) is 24.7 Å². The Hall–Kier alpha value is -3.39. The smallest absolute Gasteiger partial charge is 0.278 e. The first-order valence-electron chi connectivity index (χ1n) is 9.86. The fourth-order valence-electron chi connectivity index (χ4n) is 3.53. The predicted octanol–water partition coefficient (Wildman–Crippen LogP) is 4.30. The largest absolute Gasteiger partial charge is 0.361 e. The van der Waals surface area contributed by atoms with E-state index in [1.165, 1.54) is 5.56 Å². The molecule has 0 aliphatic heterocycles. The Kier molecular flexibility index (Phi) is 5.65. The van der Waals surface area contributed by atoms with E-state index in [2.05, 4.69) is 45.8 Å². The zero-order valence-corrected chi connectivity index (χ0v) is 18.6. The summed E-state index contributed by atoms with van der Waals surface area (Å²) in [5.74, 6) is 0.201. The second-order valence-electron chi connectivity index (χ2n) is 7.57. The number of anilines is 1. The lowest BCUT2D eigenvalue weighted by Crippen LogP contribution is -2.17. The molecular formula is C22H23ClN6O2. The average molecular weight is 439 g/mol. The van der Waals surface area contributed by atoms with Gasteiger partial charge in [-0.25, -0.2) is 0 Å². The van der Waals surface area contributed by atoms with Crippen molar-refractivity contribution in [2.45, 2.75) is 40.8 Å². The van der Waals surface area contributed by atoms with Gasteiger partial charge in [0.15, 0.2) is 5.69 Å². The van der Waals surface area contributed by atoms with Gasteiger partial charge in [0.2, 0.25) is 0 Å². The summed E-state index contributed by atoms with van der Waals surface area (Å²) in [4.78, 5) is 13.0. The monoisotopic (exact) mass is 438 g/mol. The van der Waals surface area contributed by atoms with Crippen molar-refractivity contribution < 1.29 is 9.32 Å². The van der Waals surface area contributed by atoms with Gasteiger partial charge >= 0.3 is 0 Å². The van der Waals surface area contributed by atoms with Gasteiger partial charge in [-0.1, -0.05) is 46.6 Å². The van der Waals surface area contributed by atoms with E-state index in [0.29, 0.717) is 35.1 Å². The molecule has 160 valence electrons. The molecular weight excluding hydrogens is 416 g/mol. The lowest BCUT2D eigenvalue weighted by atomic mass is 10.1. The highest BCUT2D eigenvalue weighted by Crippen LogP contribution is 2.23. The van der Waals surface area contributed by atoms with Gasteiger partial charge in [-0.15, -0.1) is 0 Å². The first-order chi connectivity index (χ1) is 14.8. The fourth-order valence-corrected chi connectivity index (χ4v) is 3.69. The van der Waals surface area contributed by atoms with Gasteiger partial charge in [-0.2, -0.15) is 10.2 Å². The van der Waals surface area contributed by atoms with Gasteiger partial charge in [0, 0.05) is 11.8 Å². The molecule has 0 bridgehead atoms. The number of carbonyl (C=O) groups is 1. The Bertz CT molecular complexity index is 1250. The van der Waals surface area contributed by atoms with Crippen LogP contribution < -0.4 is 5.32 Å². The maximum absolute atomic E-state index is 13.0. The van der Waals surface area contributed by atoms with Crippen molar-refractivity contribution in [1.29, 1.82) is 0 Å². The zero-order valence-electron chi connectivity index (χ0n) is 17.8. The van der Waals surface area contributed by atoms with E-state index in [-0.39, 0.29) is 11.6 Å². The van der Waals surface area contributed by atoms with Crippen LogP contribution in [0.1, 0.15) is 44.3 Å². The Balaban J connectivity index is 1.56. The number of amides is 1. The molecule has 3 heterocycles. The van der Waals surface area contributed by atoms with Crippen molar-refractivity contribution in [3.63, 3.8) is 0 Å². The van der Waals surface area contributed by atoms with Crippen LogP contribution >= 0.6 is 11.6 Å². The van der Waals surface area contributed by atoms with Gasteiger partial charge in [0.25, 0.3) is 5.91 Å². The molecule has 9 heteroatoms. The minimum Gasteiger partial charge on any atom is -0.361 e. The number of nitrogens with zero attached hydrogens (tertiary/aromatic N) is 5. The zero-order chi connectivity index (χ0) is 22.1. The molecule has 0 aliphatic rings. The Morgan fingerprint density at radius 3 is 2.71 bits per heavy atom. The number of carbonyl (C=O) groups excluding carboxylic acids is 1. The first-order valence-corrected chi connectivity index (χ1v) is 10.2. The Morgan fingerprint density at radius 1 is 1.19 bits per heavy atom. The average Bonchev–Trinajstić information content (AvgIpc) is 3.37. The topological polar surface area (TPSA) is 90.8 Å². The number of benzene rings is 1. The molecule has 0 fully saturated rings. The lowest BCUT2D eigenvalue weighted by Gasteiger charge is -2.08. The molecule has 0 saturated carbocycles. The van der Waals surface area contributed by atoms with Gasteiger partial charge in [0.1, 0.15) is 5.76 Å². The number of hydrogen-bond donors (Lipinski definition) is 1. The minimum absolute atomic E-state index is 0.217. The molecule has 0 spiro atoms. The maximum atomic E-state index is 13.0. The highest BCUT2D eigenvalue weighted by atomic mass is 35.5. The van der Waals surface area contributed by atoms with Gasteiger partial charge in [-0.3, -0.25) is 14.2 Å². The third-order valence-corrected chi connectivity index (χ3v) is 5.35. The van der Waals surface area contributed by atoms with E-state index < -0.39 is 0 Å². The number of aryl methyl sites for hydroxylation is 3. The van der Waals surface area contributed by atoms with E-state index in [1.807, 2.05) is 24.6 Å². The summed E-state index contributed by atoms with van der Waals surface area (Å²) >= 11 is 5.94. The van der Waals surface area contributed by atoms with Crippen LogP contribution in [0.25, 0.3) is 0 Å². The van der Waals surface area contributed by atoms with Crippen LogP contribution in [0.3, 0.4) is 0 Å². The number of nitrogens with one attached hydrogen (secondary N) is 1. The number of hydrogen-bond acceptors (Lipinski definition) is 5. The van der Waals surface area contributed by atoms with Crippen molar-refractivity contribution in [3.8, 4) is 0 Å². The van der Waals surface area contributed by atoms with Gasteiger partial charge < -0.3 is 9.84 Å². The highest BCUT2D eigenvalue weighted by molar-refractivity contribution is 6.30. The van der Waals surface area contributed by atoms with E-state index in [4.69, 9.17) is 16.1 Å². The number of aromatic nitrogens is 5. The molecule has 0 saturated heterocycles. The van der Waals surface area contributed by atoms with Crippen molar-refractivity contribution in [2.75, 3.05) is 5.32 Å². The molecule has 1 aromatic carbocycles.